The summed E-state index contributed by atoms with van der Waals surface area (Å²) in [5.74, 6) is -1.51. The summed E-state index contributed by atoms with van der Waals surface area (Å²) in [7, 11) is 1.21. The summed E-state index contributed by atoms with van der Waals surface area (Å²) in [5, 5.41) is 0. The van der Waals surface area contributed by atoms with Crippen LogP contribution >= 0.6 is 0 Å². The van der Waals surface area contributed by atoms with Crippen LogP contribution in [0.25, 0.3) is 0 Å². The summed E-state index contributed by atoms with van der Waals surface area (Å²) in [6.45, 7) is -0.502. The highest BCUT2D eigenvalue weighted by atomic mass is 19.4. The van der Waals surface area contributed by atoms with E-state index in [1.807, 2.05) is 0 Å². The minimum absolute atomic E-state index is 0.139. The fourth-order valence-electron chi connectivity index (χ4n) is 1.33. The molecule has 0 saturated carbocycles. The molecule has 1 aromatic carbocycles. The summed E-state index contributed by atoms with van der Waals surface area (Å²) >= 11 is 0. The molecule has 100 valence electrons. The van der Waals surface area contributed by atoms with E-state index in [1.54, 1.807) is 0 Å². The van der Waals surface area contributed by atoms with E-state index in [-0.39, 0.29) is 11.3 Å². The van der Waals surface area contributed by atoms with Gasteiger partial charge in [0, 0.05) is 13.6 Å². The van der Waals surface area contributed by atoms with Gasteiger partial charge in [-0.2, -0.15) is 13.2 Å². The molecule has 0 saturated heterocycles. The monoisotopic (exact) mass is 264 g/mol. The number of hydrogen-bond acceptors (Lipinski definition) is 2. The van der Waals surface area contributed by atoms with Crippen LogP contribution in [-0.2, 0) is 0 Å². The van der Waals surface area contributed by atoms with Crippen molar-refractivity contribution in [2.45, 2.75) is 12.6 Å². The summed E-state index contributed by atoms with van der Waals surface area (Å²) in [6.07, 6.45) is -5.47. The van der Waals surface area contributed by atoms with E-state index in [0.29, 0.717) is 0 Å². The lowest BCUT2D eigenvalue weighted by molar-refractivity contribution is -0.136. The first-order valence-electron chi connectivity index (χ1n) is 5.08. The van der Waals surface area contributed by atoms with Gasteiger partial charge < -0.3 is 10.6 Å². The second-order valence-electron chi connectivity index (χ2n) is 3.79. The lowest BCUT2D eigenvalue weighted by Gasteiger charge is -2.19. The van der Waals surface area contributed by atoms with Crippen LogP contribution in [0.4, 0.5) is 23.2 Å². The maximum atomic E-state index is 13.1. The van der Waals surface area contributed by atoms with Crippen LogP contribution in [0.2, 0.25) is 0 Å². The molecule has 0 aliphatic rings. The molecule has 18 heavy (non-hydrogen) atoms. The smallest absolute Gasteiger partial charge is 0.390 e. The highest BCUT2D eigenvalue weighted by Crippen LogP contribution is 2.21. The minimum Gasteiger partial charge on any atom is -0.396 e. The Kier molecular flexibility index (Phi) is 4.15. The Labute approximate surface area is 101 Å². The topological polar surface area (TPSA) is 46.3 Å². The third-order valence-electron chi connectivity index (χ3n) is 2.36. The molecule has 0 radical (unpaired) electrons. The van der Waals surface area contributed by atoms with E-state index < -0.39 is 30.9 Å². The Balaban J connectivity index is 2.78. The second-order valence-corrected chi connectivity index (χ2v) is 3.79. The average molecular weight is 264 g/mol. The molecule has 0 aromatic heterocycles. The Hall–Kier alpha value is -1.79. The fourth-order valence-corrected chi connectivity index (χ4v) is 1.33. The molecule has 1 amide bonds. The summed E-state index contributed by atoms with van der Waals surface area (Å²) < 4.78 is 49.1. The Bertz CT molecular complexity index is 445. The van der Waals surface area contributed by atoms with Gasteiger partial charge in [0.15, 0.2) is 0 Å². The van der Waals surface area contributed by atoms with Crippen molar-refractivity contribution < 1.29 is 22.4 Å². The van der Waals surface area contributed by atoms with Crippen molar-refractivity contribution in [3.05, 3.63) is 29.6 Å². The number of carbonyl (C=O) groups excluding carboxylic acids is 1. The Morgan fingerprint density at radius 2 is 2.00 bits per heavy atom. The van der Waals surface area contributed by atoms with E-state index in [9.17, 15) is 22.4 Å². The molecule has 2 N–H and O–H groups in total. The molecule has 0 bridgehead atoms. The summed E-state index contributed by atoms with van der Waals surface area (Å²) in [6, 6.07) is 3.61. The molecule has 7 heteroatoms. The van der Waals surface area contributed by atoms with Gasteiger partial charge in [-0.1, -0.05) is 6.07 Å². The zero-order valence-corrected chi connectivity index (χ0v) is 9.59. The molecule has 0 spiro atoms. The number of benzene rings is 1. The van der Waals surface area contributed by atoms with Crippen LogP contribution < -0.4 is 5.73 Å². The second kappa shape index (κ2) is 5.24. The van der Waals surface area contributed by atoms with Crippen molar-refractivity contribution in [3.8, 4) is 0 Å². The third kappa shape index (κ3) is 3.61. The van der Waals surface area contributed by atoms with E-state index in [4.69, 9.17) is 5.73 Å². The number of nitrogens with zero attached hydrogens (tertiary/aromatic N) is 1. The zero-order chi connectivity index (χ0) is 13.9. The van der Waals surface area contributed by atoms with Gasteiger partial charge in [0.1, 0.15) is 5.82 Å². The number of halogens is 4. The van der Waals surface area contributed by atoms with Crippen LogP contribution in [-0.4, -0.2) is 30.6 Å². The molecule has 1 rings (SSSR count). The highest BCUT2D eigenvalue weighted by molar-refractivity contribution is 5.99. The maximum Gasteiger partial charge on any atom is 0.390 e. The summed E-state index contributed by atoms with van der Waals surface area (Å²) in [4.78, 5) is 12.6. The SMILES string of the molecule is CN(CCC(F)(F)F)C(=O)c1cccc(F)c1N. The number of carbonyl (C=O) groups is 1. The van der Waals surface area contributed by atoms with Crippen LogP contribution in [0.1, 0.15) is 16.8 Å². The number of amides is 1. The lowest BCUT2D eigenvalue weighted by Crippen LogP contribution is -2.31. The number of rotatable bonds is 3. The van der Waals surface area contributed by atoms with Gasteiger partial charge in [-0.15, -0.1) is 0 Å². The van der Waals surface area contributed by atoms with E-state index >= 15 is 0 Å². The van der Waals surface area contributed by atoms with Crippen molar-refractivity contribution in [3.63, 3.8) is 0 Å². The van der Waals surface area contributed by atoms with Gasteiger partial charge in [-0.25, -0.2) is 4.39 Å². The molecular weight excluding hydrogens is 252 g/mol. The fraction of sp³-hybridized carbons (Fsp3) is 0.364. The van der Waals surface area contributed by atoms with Gasteiger partial charge >= 0.3 is 6.18 Å². The van der Waals surface area contributed by atoms with Crippen LogP contribution in [0, 0.1) is 5.82 Å². The Morgan fingerprint density at radius 1 is 1.39 bits per heavy atom. The molecule has 0 aliphatic carbocycles. The largest absolute Gasteiger partial charge is 0.396 e. The molecule has 0 unspecified atom stereocenters. The van der Waals surface area contributed by atoms with Crippen molar-refractivity contribution >= 4 is 11.6 Å². The molecule has 0 atom stereocenters. The third-order valence-corrected chi connectivity index (χ3v) is 2.36. The minimum atomic E-state index is -4.35. The molecule has 3 nitrogen and oxygen atoms in total. The van der Waals surface area contributed by atoms with Crippen molar-refractivity contribution in [2.75, 3.05) is 19.3 Å². The number of anilines is 1. The predicted octanol–water partition coefficient (Wildman–Crippen LogP) is 2.43. The first-order chi connectivity index (χ1) is 8.22. The normalized spacial score (nSPS) is 11.4. The van der Waals surface area contributed by atoms with Crippen LogP contribution in [0.5, 0.6) is 0 Å². The van der Waals surface area contributed by atoms with Gasteiger partial charge in [0.05, 0.1) is 17.7 Å². The molecular formula is C11H12F4N2O. The van der Waals surface area contributed by atoms with E-state index in [1.165, 1.54) is 19.2 Å². The number of nitrogens with two attached hydrogens (primary N) is 1. The molecule has 0 heterocycles. The van der Waals surface area contributed by atoms with Crippen molar-refractivity contribution in [1.82, 2.24) is 4.90 Å². The standard InChI is InChI=1S/C11H12F4N2O/c1-17(6-5-11(13,14)15)10(18)7-3-2-4-8(12)9(7)16/h2-4H,5-6,16H2,1H3. The van der Waals surface area contributed by atoms with Crippen LogP contribution in [0.15, 0.2) is 18.2 Å². The number of para-hydroxylation sites is 1. The quantitative estimate of drug-likeness (QED) is 0.673. The highest BCUT2D eigenvalue weighted by Gasteiger charge is 2.28. The predicted molar refractivity (Wildman–Crippen MR) is 58.4 cm³/mol. The molecule has 1 aromatic rings. The zero-order valence-electron chi connectivity index (χ0n) is 9.59. The first kappa shape index (κ1) is 14.3. The van der Waals surface area contributed by atoms with E-state index in [2.05, 4.69) is 0 Å². The Morgan fingerprint density at radius 3 is 2.56 bits per heavy atom. The molecule has 0 fully saturated rings. The van der Waals surface area contributed by atoms with Crippen LogP contribution in [0.3, 0.4) is 0 Å². The van der Waals surface area contributed by atoms with Gasteiger partial charge in [0.25, 0.3) is 5.91 Å². The number of alkyl halides is 3. The lowest BCUT2D eigenvalue weighted by atomic mass is 10.1. The van der Waals surface area contributed by atoms with Gasteiger partial charge in [-0.3, -0.25) is 4.79 Å². The first-order valence-corrected chi connectivity index (χ1v) is 5.08. The van der Waals surface area contributed by atoms with Gasteiger partial charge in [-0.05, 0) is 12.1 Å². The molecule has 0 aliphatic heterocycles. The number of nitrogen functional groups attached to an aromatic ring is 1. The summed E-state index contributed by atoms with van der Waals surface area (Å²) in [5.41, 5.74) is 4.86. The number of hydrogen-bond donors (Lipinski definition) is 1. The van der Waals surface area contributed by atoms with Crippen molar-refractivity contribution in [1.29, 1.82) is 0 Å². The van der Waals surface area contributed by atoms with E-state index in [0.717, 1.165) is 11.0 Å². The average Bonchev–Trinajstić information content (AvgIpc) is 2.28. The van der Waals surface area contributed by atoms with Gasteiger partial charge in [0.2, 0.25) is 0 Å². The maximum absolute atomic E-state index is 13.1. The van der Waals surface area contributed by atoms with Crippen molar-refractivity contribution in [2.24, 2.45) is 0 Å².